The van der Waals surface area contributed by atoms with Crippen molar-refractivity contribution < 1.29 is 14.3 Å². The molecule has 0 aliphatic heterocycles. The third-order valence-electron chi connectivity index (χ3n) is 2.78. The van der Waals surface area contributed by atoms with E-state index in [0.717, 1.165) is 0 Å². The van der Waals surface area contributed by atoms with Gasteiger partial charge in [-0.25, -0.2) is 4.37 Å². The number of phenols is 1. The molecule has 0 aliphatic rings. The molecule has 3 rings (SSSR count). The lowest BCUT2D eigenvalue weighted by molar-refractivity contribution is 0.0916. The molecule has 0 aliphatic carbocycles. The molecule has 1 aromatic carbocycles. The summed E-state index contributed by atoms with van der Waals surface area (Å²) in [4.78, 5) is 12.6. The van der Waals surface area contributed by atoms with Crippen LogP contribution in [0.2, 0.25) is 5.02 Å². The highest BCUT2D eigenvalue weighted by Gasteiger charge is 2.17. The van der Waals surface area contributed by atoms with E-state index in [1.165, 1.54) is 11.5 Å². The summed E-state index contributed by atoms with van der Waals surface area (Å²) in [5.74, 6) is -0.536. The fourth-order valence-corrected chi connectivity index (χ4v) is 2.41. The Balaban J connectivity index is 1.69. The minimum atomic E-state index is -0.539. The Morgan fingerprint density at radius 2 is 2.23 bits per heavy atom. The summed E-state index contributed by atoms with van der Waals surface area (Å²) in [6.45, 7) is 0.0868. The quantitative estimate of drug-likeness (QED) is 0.759. The second-order valence-electron chi connectivity index (χ2n) is 4.22. The fraction of sp³-hybridized carbons (Fsp3) is 0.0769. The van der Waals surface area contributed by atoms with Crippen molar-refractivity contribution in [2.24, 2.45) is 0 Å². The fourth-order valence-electron chi connectivity index (χ4n) is 1.69. The maximum Gasteiger partial charge on any atom is 0.309 e. The number of nitrogens with zero attached hydrogens (tertiary/aromatic N) is 3. The molecule has 0 radical (unpaired) electrons. The second-order valence-corrected chi connectivity index (χ2v) is 5.46. The average Bonchev–Trinajstić information content (AvgIpc) is 3.19. The van der Waals surface area contributed by atoms with Crippen molar-refractivity contribution >= 4 is 29.0 Å². The van der Waals surface area contributed by atoms with Gasteiger partial charge in [0.15, 0.2) is 0 Å². The minimum Gasteiger partial charge on any atom is -0.506 e. The molecule has 0 saturated heterocycles. The summed E-state index contributed by atoms with van der Waals surface area (Å²) in [5.41, 5.74) is 0.489. The van der Waals surface area contributed by atoms with Gasteiger partial charge < -0.3 is 14.8 Å². The number of aromatic hydroxyl groups is 1. The lowest BCUT2D eigenvalue weighted by Gasteiger charge is -2.06. The van der Waals surface area contributed by atoms with Crippen LogP contribution in [0.15, 0.2) is 34.9 Å². The zero-order valence-electron chi connectivity index (χ0n) is 11.0. The van der Waals surface area contributed by atoms with E-state index in [-0.39, 0.29) is 29.1 Å². The molecule has 0 spiro atoms. The van der Waals surface area contributed by atoms with Gasteiger partial charge in [0.25, 0.3) is 5.89 Å². The van der Waals surface area contributed by atoms with Crippen molar-refractivity contribution in [3.63, 3.8) is 0 Å². The Bertz CT molecular complexity index is 803. The van der Waals surface area contributed by atoms with E-state index in [1.807, 2.05) is 0 Å². The van der Waals surface area contributed by atoms with Crippen LogP contribution >= 0.6 is 23.1 Å². The standard InChI is InChI=1S/C13H9ClN4O3S/c14-8-3-1-2-7(10(8)19)6-15-11(20)13-18-17-12(21-13)9-4-5-16-22-9/h1-5,19H,6H2,(H,15,20). The van der Waals surface area contributed by atoms with Crippen molar-refractivity contribution in [2.75, 3.05) is 0 Å². The first-order valence-electron chi connectivity index (χ1n) is 6.14. The molecule has 9 heteroatoms. The van der Waals surface area contributed by atoms with Gasteiger partial charge >= 0.3 is 11.8 Å². The number of carbonyl (C=O) groups excluding carboxylic acids is 1. The van der Waals surface area contributed by atoms with Crippen LogP contribution in [0.1, 0.15) is 16.2 Å². The Hall–Kier alpha value is -2.45. The molecule has 0 saturated carbocycles. The van der Waals surface area contributed by atoms with Crippen molar-refractivity contribution in [3.8, 4) is 16.5 Å². The Labute approximate surface area is 133 Å². The maximum atomic E-state index is 12.0. The predicted molar refractivity (Wildman–Crippen MR) is 79.7 cm³/mol. The minimum absolute atomic E-state index is 0.0691. The van der Waals surface area contributed by atoms with Gasteiger partial charge in [-0.3, -0.25) is 4.79 Å². The molecule has 0 bridgehead atoms. The first-order chi connectivity index (χ1) is 10.6. The van der Waals surface area contributed by atoms with Crippen molar-refractivity contribution in [1.82, 2.24) is 19.9 Å². The summed E-state index contributed by atoms with van der Waals surface area (Å²) in [7, 11) is 0. The molecule has 1 amide bonds. The lowest BCUT2D eigenvalue weighted by atomic mass is 10.2. The molecule has 3 aromatic rings. The van der Waals surface area contributed by atoms with Crippen molar-refractivity contribution in [2.45, 2.75) is 6.54 Å². The van der Waals surface area contributed by atoms with E-state index in [4.69, 9.17) is 16.0 Å². The molecule has 2 heterocycles. The molecular weight excluding hydrogens is 328 g/mol. The number of carbonyl (C=O) groups is 1. The largest absolute Gasteiger partial charge is 0.506 e. The maximum absolute atomic E-state index is 12.0. The zero-order valence-corrected chi connectivity index (χ0v) is 12.6. The van der Waals surface area contributed by atoms with E-state index >= 15 is 0 Å². The van der Waals surface area contributed by atoms with E-state index in [0.29, 0.717) is 10.4 Å². The molecule has 7 nitrogen and oxygen atoms in total. The summed E-state index contributed by atoms with van der Waals surface area (Å²) in [6.07, 6.45) is 1.60. The smallest absolute Gasteiger partial charge is 0.309 e. The number of aromatic nitrogens is 3. The van der Waals surface area contributed by atoms with Gasteiger partial charge in [0.05, 0.1) is 5.02 Å². The van der Waals surface area contributed by atoms with Gasteiger partial charge in [-0.1, -0.05) is 23.7 Å². The summed E-state index contributed by atoms with van der Waals surface area (Å²) in [5, 5.41) is 20.0. The van der Waals surface area contributed by atoms with Crippen LogP contribution in [0.25, 0.3) is 10.8 Å². The van der Waals surface area contributed by atoms with Crippen molar-refractivity contribution in [1.29, 1.82) is 0 Å². The summed E-state index contributed by atoms with van der Waals surface area (Å²) < 4.78 is 9.20. The molecule has 0 fully saturated rings. The molecule has 22 heavy (non-hydrogen) atoms. The van der Waals surface area contributed by atoms with E-state index in [1.54, 1.807) is 30.5 Å². The van der Waals surface area contributed by atoms with Crippen LogP contribution in [0.5, 0.6) is 5.75 Å². The topological polar surface area (TPSA) is 101 Å². The third-order valence-corrected chi connectivity index (χ3v) is 3.82. The molecular formula is C13H9ClN4O3S. The van der Waals surface area contributed by atoms with Crippen LogP contribution in [0, 0.1) is 0 Å². The van der Waals surface area contributed by atoms with Crippen LogP contribution in [-0.2, 0) is 6.54 Å². The SMILES string of the molecule is O=C(NCc1cccc(Cl)c1O)c1nnc(-c2ccns2)o1. The van der Waals surface area contributed by atoms with E-state index in [2.05, 4.69) is 19.9 Å². The number of para-hydroxylation sites is 1. The molecule has 2 N–H and O–H groups in total. The van der Waals surface area contributed by atoms with E-state index < -0.39 is 5.91 Å². The number of rotatable bonds is 4. The third kappa shape index (κ3) is 2.92. The lowest BCUT2D eigenvalue weighted by Crippen LogP contribution is -2.23. The Kier molecular flexibility index (Phi) is 4.03. The van der Waals surface area contributed by atoms with Gasteiger partial charge in [0.1, 0.15) is 10.6 Å². The van der Waals surface area contributed by atoms with Crippen molar-refractivity contribution in [3.05, 3.63) is 46.9 Å². The summed E-state index contributed by atoms with van der Waals surface area (Å²) in [6, 6.07) is 6.60. The average molecular weight is 337 g/mol. The number of nitrogens with one attached hydrogen (secondary N) is 1. The molecule has 0 unspecified atom stereocenters. The Morgan fingerprint density at radius 1 is 1.36 bits per heavy atom. The van der Waals surface area contributed by atoms with Gasteiger partial charge in [-0.2, -0.15) is 0 Å². The molecule has 0 atom stereocenters. The molecule has 2 aromatic heterocycles. The normalized spacial score (nSPS) is 10.6. The van der Waals surface area contributed by atoms with Crippen LogP contribution < -0.4 is 5.32 Å². The summed E-state index contributed by atoms with van der Waals surface area (Å²) >= 11 is 6.99. The predicted octanol–water partition coefficient (Wildman–Crippen LogP) is 2.48. The number of amides is 1. The van der Waals surface area contributed by atoms with Gasteiger partial charge in [0.2, 0.25) is 0 Å². The highest BCUT2D eigenvalue weighted by Crippen LogP contribution is 2.26. The number of benzene rings is 1. The molecule has 112 valence electrons. The van der Waals surface area contributed by atoms with Gasteiger partial charge in [-0.15, -0.1) is 10.2 Å². The van der Waals surface area contributed by atoms with Crippen LogP contribution in [0.3, 0.4) is 0 Å². The van der Waals surface area contributed by atoms with Gasteiger partial charge in [0, 0.05) is 18.3 Å². The van der Waals surface area contributed by atoms with Crippen LogP contribution in [-0.4, -0.2) is 25.6 Å². The van der Waals surface area contributed by atoms with Gasteiger partial charge in [-0.05, 0) is 23.7 Å². The first-order valence-corrected chi connectivity index (χ1v) is 7.29. The highest BCUT2D eigenvalue weighted by molar-refractivity contribution is 7.09. The highest BCUT2D eigenvalue weighted by atomic mass is 35.5. The Morgan fingerprint density at radius 3 is 3.00 bits per heavy atom. The number of hydrogen-bond donors (Lipinski definition) is 2. The van der Waals surface area contributed by atoms with Crippen LogP contribution in [0.4, 0.5) is 0 Å². The number of phenolic OH excluding ortho intramolecular Hbond substituents is 1. The monoisotopic (exact) mass is 336 g/mol. The number of halogens is 1. The number of hydrogen-bond acceptors (Lipinski definition) is 7. The van der Waals surface area contributed by atoms with E-state index in [9.17, 15) is 9.90 Å². The first kappa shape index (κ1) is 14.5. The zero-order chi connectivity index (χ0) is 15.5. The second kappa shape index (κ2) is 6.12.